The Morgan fingerprint density at radius 1 is 1.16 bits per heavy atom. The molecule has 0 unspecified atom stereocenters. The molecule has 106 valence electrons. The summed E-state index contributed by atoms with van der Waals surface area (Å²) in [5, 5.41) is 10.7. The summed E-state index contributed by atoms with van der Waals surface area (Å²) >= 11 is 0. The van der Waals surface area contributed by atoms with Gasteiger partial charge < -0.3 is 9.90 Å². The monoisotopic (exact) mass is 284 g/mol. The Bertz CT molecular complexity index is 594. The first-order chi connectivity index (χ1) is 8.58. The Kier molecular flexibility index (Phi) is 4.37. The average molecular weight is 284 g/mol. The van der Waals surface area contributed by atoms with Gasteiger partial charge in [-0.15, -0.1) is 0 Å². The number of carbonyl (C=O) groups is 1. The normalized spacial score (nSPS) is 13.3. The Morgan fingerprint density at radius 2 is 1.58 bits per heavy atom. The number of nitrogens with one attached hydrogen (secondary N) is 1. The molecule has 5 nitrogen and oxygen atoms in total. The summed E-state index contributed by atoms with van der Waals surface area (Å²) in [5.41, 5.74) is 2.96. The molecule has 19 heavy (non-hydrogen) atoms. The standard InChI is InChI=1S/C13H19NO4S/c1-7-6-8(2)10(4)12(9(7)3)19(17,18)14-11(5)13(15)16/h6,11,14H,1-5H3,(H,15,16)/p-1/t11-/m0/s1. The van der Waals surface area contributed by atoms with Crippen LogP contribution >= 0.6 is 0 Å². The largest absolute Gasteiger partial charge is 0.548 e. The van der Waals surface area contributed by atoms with Gasteiger partial charge in [0.2, 0.25) is 10.0 Å². The Hall–Kier alpha value is -1.40. The maximum absolute atomic E-state index is 12.3. The molecule has 0 spiro atoms. The van der Waals surface area contributed by atoms with Crippen molar-refractivity contribution in [1.82, 2.24) is 4.72 Å². The highest BCUT2D eigenvalue weighted by Crippen LogP contribution is 2.25. The second-order valence-corrected chi connectivity index (χ2v) is 6.40. The number of benzene rings is 1. The summed E-state index contributed by atoms with van der Waals surface area (Å²) in [7, 11) is -3.88. The number of hydrogen-bond donors (Lipinski definition) is 1. The number of rotatable bonds is 4. The molecule has 1 rings (SSSR count). The van der Waals surface area contributed by atoms with E-state index in [1.807, 2.05) is 19.9 Å². The van der Waals surface area contributed by atoms with Crippen LogP contribution in [0.5, 0.6) is 0 Å². The molecule has 0 radical (unpaired) electrons. The lowest BCUT2D eigenvalue weighted by Crippen LogP contribution is -2.46. The van der Waals surface area contributed by atoms with Crippen molar-refractivity contribution in [3.8, 4) is 0 Å². The number of carboxylic acid groups (broad SMARTS) is 1. The van der Waals surface area contributed by atoms with E-state index in [0.29, 0.717) is 11.1 Å². The first-order valence-corrected chi connectivity index (χ1v) is 7.37. The second kappa shape index (κ2) is 5.30. The van der Waals surface area contributed by atoms with Crippen LogP contribution in [0, 0.1) is 27.7 Å². The lowest BCUT2D eigenvalue weighted by atomic mass is 10.0. The Labute approximate surface area is 113 Å². The average Bonchev–Trinajstić information content (AvgIpc) is 2.25. The summed E-state index contributed by atoms with van der Waals surface area (Å²) in [4.78, 5) is 10.8. The van der Waals surface area contributed by atoms with E-state index in [9.17, 15) is 18.3 Å². The molecule has 6 heteroatoms. The molecule has 0 aliphatic rings. The van der Waals surface area contributed by atoms with Gasteiger partial charge in [-0.05, 0) is 56.9 Å². The molecule has 0 saturated carbocycles. The quantitative estimate of drug-likeness (QED) is 0.863. The van der Waals surface area contributed by atoms with E-state index in [0.717, 1.165) is 11.1 Å². The molecule has 0 saturated heterocycles. The zero-order valence-corrected chi connectivity index (χ0v) is 12.5. The van der Waals surface area contributed by atoms with Gasteiger partial charge in [-0.25, -0.2) is 13.1 Å². The third-order valence-electron chi connectivity index (χ3n) is 3.25. The van der Waals surface area contributed by atoms with Gasteiger partial charge in [-0.3, -0.25) is 0 Å². The predicted octanol–water partition coefficient (Wildman–Crippen LogP) is 0.337. The molecule has 0 amide bonds. The van der Waals surface area contributed by atoms with Crippen molar-refractivity contribution in [2.45, 2.75) is 45.6 Å². The number of hydrogen-bond acceptors (Lipinski definition) is 4. The maximum Gasteiger partial charge on any atom is 0.241 e. The molecule has 1 N–H and O–H groups in total. The molecule has 1 aromatic rings. The van der Waals surface area contributed by atoms with Crippen LogP contribution in [0.1, 0.15) is 29.2 Å². The highest BCUT2D eigenvalue weighted by molar-refractivity contribution is 7.89. The second-order valence-electron chi connectivity index (χ2n) is 4.75. The van der Waals surface area contributed by atoms with Crippen molar-refractivity contribution in [3.63, 3.8) is 0 Å². The van der Waals surface area contributed by atoms with Crippen molar-refractivity contribution in [1.29, 1.82) is 0 Å². The van der Waals surface area contributed by atoms with Crippen molar-refractivity contribution in [2.24, 2.45) is 0 Å². The Morgan fingerprint density at radius 3 is 1.95 bits per heavy atom. The first-order valence-electron chi connectivity index (χ1n) is 5.88. The molecule has 1 atom stereocenters. The zero-order valence-electron chi connectivity index (χ0n) is 11.7. The molecule has 1 aromatic carbocycles. The van der Waals surface area contributed by atoms with Gasteiger partial charge in [0.15, 0.2) is 0 Å². The number of carboxylic acids is 1. The van der Waals surface area contributed by atoms with Gasteiger partial charge in [0.25, 0.3) is 0 Å². The third kappa shape index (κ3) is 3.13. The van der Waals surface area contributed by atoms with Gasteiger partial charge in [0.1, 0.15) is 0 Å². The first kappa shape index (κ1) is 15.7. The molecule has 0 heterocycles. The third-order valence-corrected chi connectivity index (χ3v) is 5.07. The minimum atomic E-state index is -3.88. The van der Waals surface area contributed by atoms with Crippen LogP contribution in [0.15, 0.2) is 11.0 Å². The minimum Gasteiger partial charge on any atom is -0.548 e. The van der Waals surface area contributed by atoms with E-state index in [1.165, 1.54) is 6.92 Å². The number of sulfonamides is 1. The molecule has 0 aliphatic heterocycles. The van der Waals surface area contributed by atoms with Crippen LogP contribution in [0.2, 0.25) is 0 Å². The smallest absolute Gasteiger partial charge is 0.241 e. The fraction of sp³-hybridized carbons (Fsp3) is 0.462. The highest BCUT2D eigenvalue weighted by atomic mass is 32.2. The van der Waals surface area contributed by atoms with E-state index in [1.54, 1.807) is 13.8 Å². The van der Waals surface area contributed by atoms with Gasteiger partial charge in [-0.1, -0.05) is 6.07 Å². The lowest BCUT2D eigenvalue weighted by Gasteiger charge is -2.19. The van der Waals surface area contributed by atoms with Crippen molar-refractivity contribution < 1.29 is 18.3 Å². The van der Waals surface area contributed by atoms with Crippen LogP contribution in [0.3, 0.4) is 0 Å². The fourth-order valence-electron chi connectivity index (χ4n) is 1.92. The van der Waals surface area contributed by atoms with Gasteiger partial charge in [0, 0.05) is 0 Å². The lowest BCUT2D eigenvalue weighted by molar-refractivity contribution is -0.307. The summed E-state index contributed by atoms with van der Waals surface area (Å²) in [6.07, 6.45) is 0. The SMILES string of the molecule is Cc1cc(C)c(C)c(S(=O)(=O)N[C@@H](C)C(=O)[O-])c1C. The zero-order chi connectivity index (χ0) is 15.0. The van der Waals surface area contributed by atoms with Gasteiger partial charge in [-0.2, -0.15) is 0 Å². The van der Waals surface area contributed by atoms with Crippen LogP contribution in [-0.4, -0.2) is 20.4 Å². The van der Waals surface area contributed by atoms with E-state index < -0.39 is 22.0 Å². The maximum atomic E-state index is 12.3. The van der Waals surface area contributed by atoms with Gasteiger partial charge >= 0.3 is 0 Å². The van der Waals surface area contributed by atoms with Gasteiger partial charge in [0.05, 0.1) is 16.9 Å². The predicted molar refractivity (Wildman–Crippen MR) is 70.2 cm³/mol. The molecule has 0 bridgehead atoms. The number of aliphatic carboxylic acids is 1. The van der Waals surface area contributed by atoms with E-state index >= 15 is 0 Å². The summed E-state index contributed by atoms with van der Waals surface area (Å²) in [6.45, 7) is 8.30. The number of aryl methyl sites for hydroxylation is 2. The van der Waals surface area contributed by atoms with Crippen molar-refractivity contribution in [3.05, 3.63) is 28.3 Å². The van der Waals surface area contributed by atoms with E-state index in [4.69, 9.17) is 0 Å². The number of carbonyl (C=O) groups excluding carboxylic acids is 1. The highest BCUT2D eigenvalue weighted by Gasteiger charge is 2.24. The van der Waals surface area contributed by atoms with Crippen LogP contribution in [0.25, 0.3) is 0 Å². The van der Waals surface area contributed by atoms with Crippen molar-refractivity contribution >= 4 is 16.0 Å². The molecule has 0 fully saturated rings. The molecule has 0 aromatic heterocycles. The summed E-state index contributed by atoms with van der Waals surface area (Å²) in [6, 6.07) is 0.635. The molecular weight excluding hydrogens is 266 g/mol. The fourth-order valence-corrected chi connectivity index (χ4v) is 3.73. The van der Waals surface area contributed by atoms with Crippen LogP contribution < -0.4 is 9.83 Å². The molecular formula is C13H18NO4S-. The topological polar surface area (TPSA) is 86.3 Å². The minimum absolute atomic E-state index is 0.151. The van der Waals surface area contributed by atoms with E-state index in [-0.39, 0.29) is 4.90 Å². The van der Waals surface area contributed by atoms with Crippen LogP contribution in [-0.2, 0) is 14.8 Å². The van der Waals surface area contributed by atoms with Crippen LogP contribution in [0.4, 0.5) is 0 Å². The summed E-state index contributed by atoms with van der Waals surface area (Å²) < 4.78 is 26.7. The van der Waals surface area contributed by atoms with E-state index in [2.05, 4.69) is 4.72 Å². The molecule has 0 aliphatic carbocycles. The Balaban J connectivity index is 3.41. The van der Waals surface area contributed by atoms with Crippen molar-refractivity contribution in [2.75, 3.05) is 0 Å². The summed E-state index contributed by atoms with van der Waals surface area (Å²) in [5.74, 6) is -1.46.